The Kier molecular flexibility index (Phi) is 2.96. The second-order valence-electron chi connectivity index (χ2n) is 2.98. The lowest BCUT2D eigenvalue weighted by Gasteiger charge is -2.04. The summed E-state index contributed by atoms with van der Waals surface area (Å²) in [6, 6.07) is 7.63. The normalized spacial score (nSPS) is 10.2. The lowest BCUT2D eigenvalue weighted by Crippen LogP contribution is -1.99. The molecule has 1 aromatic heterocycles. The van der Waals surface area contributed by atoms with E-state index in [2.05, 4.69) is 15.3 Å². The maximum Gasteiger partial charge on any atom is 0.313 e. The molecule has 0 aliphatic heterocycles. The summed E-state index contributed by atoms with van der Waals surface area (Å²) in [4.78, 5) is 6.27. The van der Waals surface area contributed by atoms with Crippen molar-refractivity contribution in [3.05, 3.63) is 47.4 Å². The first-order valence-corrected chi connectivity index (χ1v) is 4.74. The van der Waals surface area contributed by atoms with E-state index in [9.17, 15) is 8.78 Å². The number of aromatic nitrogens is 2. The van der Waals surface area contributed by atoms with Gasteiger partial charge < -0.3 is 5.32 Å². The van der Waals surface area contributed by atoms with E-state index in [0.29, 0.717) is 10.7 Å². The zero-order valence-corrected chi connectivity index (χ0v) is 8.67. The van der Waals surface area contributed by atoms with Crippen molar-refractivity contribution in [3.63, 3.8) is 0 Å². The summed E-state index contributed by atoms with van der Waals surface area (Å²) in [5, 5.41) is 3.30. The van der Waals surface area contributed by atoms with Crippen molar-refractivity contribution in [1.82, 2.24) is 9.97 Å². The van der Waals surface area contributed by atoms with Crippen molar-refractivity contribution in [2.24, 2.45) is 0 Å². The molecule has 0 atom stereocenters. The highest BCUT2D eigenvalue weighted by Crippen LogP contribution is 2.17. The van der Waals surface area contributed by atoms with Gasteiger partial charge in [0.05, 0.1) is 0 Å². The third kappa shape index (κ3) is 2.64. The van der Waals surface area contributed by atoms with Gasteiger partial charge in [-0.2, -0.15) is 18.7 Å². The van der Waals surface area contributed by atoms with Gasteiger partial charge in [-0.05, 0) is 24.3 Å². The molecular formula is C10H6ClF2N3. The number of halogens is 3. The summed E-state index contributed by atoms with van der Waals surface area (Å²) in [6.07, 6.45) is -1.11. The fraction of sp³-hybridized carbons (Fsp3) is 0. The third-order valence-electron chi connectivity index (χ3n) is 1.78. The van der Waals surface area contributed by atoms with Gasteiger partial charge in [-0.25, -0.2) is 0 Å². The predicted octanol–water partition coefficient (Wildman–Crippen LogP) is 3.15. The highest BCUT2D eigenvalue weighted by atomic mass is 35.5. The molecule has 0 spiro atoms. The van der Waals surface area contributed by atoms with E-state index in [1.807, 2.05) is 0 Å². The van der Waals surface area contributed by atoms with Crippen LogP contribution in [-0.2, 0) is 0 Å². The molecule has 2 aromatic rings. The lowest BCUT2D eigenvalue weighted by molar-refractivity contribution is 0.485. The fourth-order valence-electron chi connectivity index (χ4n) is 1.14. The Morgan fingerprint density at radius 2 is 1.75 bits per heavy atom. The molecule has 0 fully saturated rings. The topological polar surface area (TPSA) is 37.8 Å². The highest BCUT2D eigenvalue weighted by Gasteiger charge is 2.03. The molecule has 16 heavy (non-hydrogen) atoms. The molecule has 82 valence electrons. The van der Waals surface area contributed by atoms with Crippen LogP contribution >= 0.6 is 11.6 Å². The van der Waals surface area contributed by atoms with Crippen molar-refractivity contribution >= 4 is 23.1 Å². The molecule has 0 saturated carbocycles. The van der Waals surface area contributed by atoms with E-state index in [-0.39, 0.29) is 5.82 Å². The Labute approximate surface area is 95.1 Å². The Morgan fingerprint density at radius 1 is 1.06 bits per heavy atom. The van der Waals surface area contributed by atoms with Gasteiger partial charge in [-0.15, -0.1) is 0 Å². The Balaban J connectivity index is 2.23. The summed E-state index contributed by atoms with van der Waals surface area (Å²) in [7, 11) is 0. The molecule has 0 amide bonds. The molecule has 0 aliphatic rings. The summed E-state index contributed by atoms with van der Waals surface area (Å²) < 4.78 is 25.4. The van der Waals surface area contributed by atoms with Crippen molar-refractivity contribution in [1.29, 1.82) is 0 Å². The predicted molar refractivity (Wildman–Crippen MR) is 56.7 cm³/mol. The Hall–Kier alpha value is -1.75. The fourth-order valence-corrected chi connectivity index (χ4v) is 1.26. The average molecular weight is 242 g/mol. The van der Waals surface area contributed by atoms with Gasteiger partial charge in [0.2, 0.25) is 5.95 Å². The molecule has 1 aromatic carbocycles. The minimum Gasteiger partial charge on any atom is -0.340 e. The molecule has 1 heterocycles. The highest BCUT2D eigenvalue weighted by molar-refractivity contribution is 6.30. The van der Waals surface area contributed by atoms with Crippen molar-refractivity contribution in [3.8, 4) is 0 Å². The zero-order valence-electron chi connectivity index (χ0n) is 7.92. The van der Waals surface area contributed by atoms with Crippen LogP contribution in [0.1, 0.15) is 0 Å². The average Bonchev–Trinajstić information content (AvgIpc) is 2.20. The summed E-state index contributed by atoms with van der Waals surface area (Å²) >= 11 is 5.69. The van der Waals surface area contributed by atoms with E-state index in [0.717, 1.165) is 6.07 Å². The van der Waals surface area contributed by atoms with E-state index in [1.54, 1.807) is 24.3 Å². The van der Waals surface area contributed by atoms with Crippen molar-refractivity contribution in [2.45, 2.75) is 0 Å². The van der Waals surface area contributed by atoms with Crippen LogP contribution < -0.4 is 5.32 Å². The van der Waals surface area contributed by atoms with Crippen molar-refractivity contribution < 1.29 is 8.78 Å². The molecule has 0 aliphatic carbocycles. The standard InChI is InChI=1S/C10H6ClF2N3/c11-6-1-3-7(4-2-6)14-9-5-8(12)15-10(13)16-9/h1-5H,(H,14,15,16). The molecule has 2 rings (SSSR count). The van der Waals surface area contributed by atoms with Gasteiger partial charge in [0, 0.05) is 16.8 Å². The molecule has 0 radical (unpaired) electrons. The molecule has 3 nitrogen and oxygen atoms in total. The summed E-state index contributed by atoms with van der Waals surface area (Å²) in [5.74, 6) is -0.878. The smallest absolute Gasteiger partial charge is 0.313 e. The van der Waals surface area contributed by atoms with Crippen LogP contribution in [-0.4, -0.2) is 9.97 Å². The molecular weight excluding hydrogens is 236 g/mol. The Morgan fingerprint density at radius 3 is 2.38 bits per heavy atom. The number of anilines is 2. The first-order chi connectivity index (χ1) is 7.63. The first-order valence-electron chi connectivity index (χ1n) is 4.36. The lowest BCUT2D eigenvalue weighted by atomic mass is 10.3. The van der Waals surface area contributed by atoms with E-state index in [1.165, 1.54) is 0 Å². The number of hydrogen-bond donors (Lipinski definition) is 1. The number of benzene rings is 1. The monoisotopic (exact) mass is 241 g/mol. The van der Waals surface area contributed by atoms with Crippen LogP contribution in [0.5, 0.6) is 0 Å². The van der Waals surface area contributed by atoms with Crippen LogP contribution in [0, 0.1) is 12.0 Å². The molecule has 0 unspecified atom stereocenters. The van der Waals surface area contributed by atoms with E-state index < -0.39 is 12.0 Å². The van der Waals surface area contributed by atoms with Crippen LogP contribution in [0.4, 0.5) is 20.3 Å². The SMILES string of the molecule is Fc1cc(Nc2ccc(Cl)cc2)nc(F)n1. The van der Waals surface area contributed by atoms with E-state index in [4.69, 9.17) is 11.6 Å². The molecule has 0 bridgehead atoms. The maximum atomic E-state index is 12.7. The molecule has 0 saturated heterocycles. The number of nitrogens with zero attached hydrogens (tertiary/aromatic N) is 2. The van der Waals surface area contributed by atoms with Gasteiger partial charge in [-0.3, -0.25) is 0 Å². The quantitative estimate of drug-likeness (QED) is 0.648. The van der Waals surface area contributed by atoms with Crippen LogP contribution in [0.15, 0.2) is 30.3 Å². The Bertz CT molecular complexity index is 482. The van der Waals surface area contributed by atoms with Gasteiger partial charge in [0.1, 0.15) is 5.82 Å². The van der Waals surface area contributed by atoms with Crippen molar-refractivity contribution in [2.75, 3.05) is 5.32 Å². The minimum absolute atomic E-state index is 0.0484. The summed E-state index contributed by atoms with van der Waals surface area (Å²) in [5.41, 5.74) is 0.627. The van der Waals surface area contributed by atoms with Gasteiger partial charge in [-0.1, -0.05) is 11.6 Å². The van der Waals surface area contributed by atoms with Gasteiger partial charge >= 0.3 is 6.08 Å². The first kappa shape index (κ1) is 10.8. The van der Waals surface area contributed by atoms with Crippen LogP contribution in [0.2, 0.25) is 5.02 Å². The van der Waals surface area contributed by atoms with Gasteiger partial charge in [0.25, 0.3) is 0 Å². The number of nitrogens with one attached hydrogen (secondary N) is 1. The molecule has 6 heteroatoms. The van der Waals surface area contributed by atoms with Crippen LogP contribution in [0.3, 0.4) is 0 Å². The zero-order chi connectivity index (χ0) is 11.5. The molecule has 1 N–H and O–H groups in total. The summed E-state index contributed by atoms with van der Waals surface area (Å²) in [6.45, 7) is 0. The van der Waals surface area contributed by atoms with Gasteiger partial charge in [0.15, 0.2) is 0 Å². The largest absolute Gasteiger partial charge is 0.340 e. The number of hydrogen-bond acceptors (Lipinski definition) is 3. The second-order valence-corrected chi connectivity index (χ2v) is 3.41. The minimum atomic E-state index is -1.11. The second kappa shape index (κ2) is 4.40. The van der Waals surface area contributed by atoms with E-state index >= 15 is 0 Å². The third-order valence-corrected chi connectivity index (χ3v) is 2.04. The maximum absolute atomic E-state index is 12.7. The number of rotatable bonds is 2. The van der Waals surface area contributed by atoms with Crippen LogP contribution in [0.25, 0.3) is 0 Å².